The number of rotatable bonds is 8. The van der Waals surface area contributed by atoms with Crippen LogP contribution in [0.1, 0.15) is 88.2 Å². The second-order valence-electron chi connectivity index (χ2n) is 15.9. The average molecular weight is 541 g/mol. The summed E-state index contributed by atoms with van der Waals surface area (Å²) in [6, 6.07) is 9.51. The van der Waals surface area contributed by atoms with Crippen LogP contribution in [0.15, 0.2) is 24.3 Å². The summed E-state index contributed by atoms with van der Waals surface area (Å²) in [5, 5.41) is 2.97. The molecule has 2 atom stereocenters. The zero-order chi connectivity index (χ0) is 26.1. The van der Waals surface area contributed by atoms with Crippen LogP contribution in [0.2, 0.25) is 0 Å². The van der Waals surface area contributed by atoms with Crippen LogP contribution in [0.25, 0.3) is 10.8 Å². The molecule has 40 heavy (non-hydrogen) atoms. The molecular weight excluding hydrogens is 496 g/mol. The van der Waals surface area contributed by atoms with Crippen molar-refractivity contribution in [3.05, 3.63) is 35.4 Å². The number of ether oxygens (including phenoxy) is 4. The first-order valence-electron chi connectivity index (χ1n) is 16.7. The van der Waals surface area contributed by atoms with Crippen molar-refractivity contribution in [3.8, 4) is 11.5 Å². The monoisotopic (exact) mass is 540 g/mol. The van der Waals surface area contributed by atoms with Crippen molar-refractivity contribution in [3.63, 3.8) is 0 Å². The van der Waals surface area contributed by atoms with Crippen LogP contribution in [0.5, 0.6) is 11.5 Å². The molecule has 2 aromatic carbocycles. The van der Waals surface area contributed by atoms with E-state index in [2.05, 4.69) is 24.3 Å². The van der Waals surface area contributed by atoms with Crippen LogP contribution in [-0.2, 0) is 20.3 Å². The molecule has 2 saturated heterocycles. The van der Waals surface area contributed by atoms with E-state index in [1.54, 1.807) is 0 Å². The molecule has 8 saturated carbocycles. The minimum Gasteiger partial charge on any atom is -0.487 e. The van der Waals surface area contributed by atoms with Gasteiger partial charge in [-0.1, -0.05) is 24.3 Å². The first-order valence-corrected chi connectivity index (χ1v) is 16.7. The van der Waals surface area contributed by atoms with Gasteiger partial charge in [-0.15, -0.1) is 0 Å². The standard InChI is InChI=1S/C36H44O4/c1-2-4-30-29(3-1)31(35-11-21-5-22(12-35)7-23(6-21)13-35)33(39-19-27-17-37-27)34(40-20-28-18-38-28)32(30)36-14-24-8-25(15-36)10-26(9-24)16-36/h1-4,21-28H,5-20H2. The molecule has 8 aliphatic carbocycles. The van der Waals surface area contributed by atoms with Gasteiger partial charge in [0.25, 0.3) is 0 Å². The molecule has 8 bridgehead atoms. The Hall–Kier alpha value is -1.78. The van der Waals surface area contributed by atoms with Crippen LogP contribution >= 0.6 is 0 Å². The van der Waals surface area contributed by atoms with E-state index in [-0.39, 0.29) is 23.0 Å². The molecule has 4 heteroatoms. The molecular formula is C36H44O4. The summed E-state index contributed by atoms with van der Waals surface area (Å²) in [5.41, 5.74) is 3.48. The smallest absolute Gasteiger partial charge is 0.166 e. The Labute approximate surface area is 238 Å². The van der Waals surface area contributed by atoms with Crippen LogP contribution in [0, 0.1) is 35.5 Å². The third kappa shape index (κ3) is 3.63. The molecule has 12 rings (SSSR count). The van der Waals surface area contributed by atoms with Crippen molar-refractivity contribution in [2.75, 3.05) is 26.4 Å². The van der Waals surface area contributed by atoms with E-state index in [0.717, 1.165) is 60.2 Å². The highest BCUT2D eigenvalue weighted by Gasteiger charge is 2.57. The quantitative estimate of drug-likeness (QED) is 0.329. The maximum absolute atomic E-state index is 7.06. The van der Waals surface area contributed by atoms with Gasteiger partial charge in [0.05, 0.1) is 13.2 Å². The molecule has 2 aliphatic heterocycles. The van der Waals surface area contributed by atoms with Gasteiger partial charge >= 0.3 is 0 Å². The van der Waals surface area contributed by atoms with Crippen molar-refractivity contribution in [1.82, 2.24) is 0 Å². The zero-order valence-corrected chi connectivity index (χ0v) is 23.9. The lowest BCUT2D eigenvalue weighted by Gasteiger charge is -2.59. The first-order chi connectivity index (χ1) is 19.6. The van der Waals surface area contributed by atoms with Crippen LogP contribution in [0.3, 0.4) is 0 Å². The van der Waals surface area contributed by atoms with Crippen molar-refractivity contribution < 1.29 is 18.9 Å². The summed E-state index contributed by atoms with van der Waals surface area (Å²) in [5.74, 6) is 7.54. The van der Waals surface area contributed by atoms with Crippen molar-refractivity contribution in [1.29, 1.82) is 0 Å². The molecule has 0 amide bonds. The molecule has 4 nitrogen and oxygen atoms in total. The molecule has 212 valence electrons. The average Bonchev–Trinajstić information content (AvgIpc) is 3.84. The van der Waals surface area contributed by atoms with E-state index < -0.39 is 0 Å². The van der Waals surface area contributed by atoms with E-state index in [4.69, 9.17) is 18.9 Å². The normalized spacial score (nSPS) is 45.3. The predicted octanol–water partition coefficient (Wildman–Crippen LogP) is 7.33. The summed E-state index contributed by atoms with van der Waals surface area (Å²) in [6.45, 7) is 2.95. The Morgan fingerprint density at radius 1 is 0.550 bits per heavy atom. The summed E-state index contributed by atoms with van der Waals surface area (Å²) >= 11 is 0. The molecule has 2 heterocycles. The van der Waals surface area contributed by atoms with Gasteiger partial charge in [0, 0.05) is 22.0 Å². The van der Waals surface area contributed by atoms with Crippen molar-refractivity contribution >= 4 is 10.8 Å². The number of epoxide rings is 2. The number of fused-ring (bicyclic) bond motifs is 1. The Kier molecular flexibility index (Phi) is 4.99. The van der Waals surface area contributed by atoms with Gasteiger partial charge in [-0.2, -0.15) is 0 Å². The fourth-order valence-corrected chi connectivity index (χ4v) is 12.2. The summed E-state index contributed by atoms with van der Waals surface area (Å²) in [6.07, 6.45) is 17.2. The molecule has 0 aromatic heterocycles. The van der Waals surface area contributed by atoms with Gasteiger partial charge in [-0.05, 0) is 123 Å². The summed E-state index contributed by atoms with van der Waals surface area (Å²) in [4.78, 5) is 0. The largest absolute Gasteiger partial charge is 0.487 e. The molecule has 0 N–H and O–H groups in total. The van der Waals surface area contributed by atoms with E-state index >= 15 is 0 Å². The predicted molar refractivity (Wildman–Crippen MR) is 154 cm³/mol. The molecule has 0 radical (unpaired) electrons. The van der Waals surface area contributed by atoms with Gasteiger partial charge in [-0.3, -0.25) is 0 Å². The minimum absolute atomic E-state index is 0.224. The van der Waals surface area contributed by atoms with Crippen molar-refractivity contribution in [2.45, 2.75) is 100 Å². The molecule has 10 fully saturated rings. The second-order valence-corrected chi connectivity index (χ2v) is 15.9. The van der Waals surface area contributed by atoms with E-state index in [0.29, 0.717) is 13.2 Å². The van der Waals surface area contributed by atoms with Crippen molar-refractivity contribution in [2.24, 2.45) is 35.5 Å². The Morgan fingerprint density at radius 3 is 1.18 bits per heavy atom. The van der Waals surface area contributed by atoms with Gasteiger partial charge in [0.2, 0.25) is 0 Å². The summed E-state index contributed by atoms with van der Waals surface area (Å²) in [7, 11) is 0. The SMILES string of the molecule is c1ccc2c(C34CC5CC(CC(C5)C3)C4)c(OCC3CO3)c(OCC3CO3)c(C34CC5CC(CC(C5)C3)C4)c2c1. The summed E-state index contributed by atoms with van der Waals surface area (Å²) < 4.78 is 25.5. The second kappa shape index (κ2) is 8.40. The number of hydrogen-bond donors (Lipinski definition) is 0. The van der Waals surface area contributed by atoms with Gasteiger partial charge in [-0.25, -0.2) is 0 Å². The Bertz CT molecular complexity index is 1180. The zero-order valence-electron chi connectivity index (χ0n) is 23.9. The van der Waals surface area contributed by atoms with E-state index in [9.17, 15) is 0 Å². The maximum Gasteiger partial charge on any atom is 0.166 e. The van der Waals surface area contributed by atoms with Gasteiger partial charge in [0.15, 0.2) is 11.5 Å². The van der Waals surface area contributed by atoms with E-state index in [1.165, 1.54) is 98.9 Å². The highest BCUT2D eigenvalue weighted by atomic mass is 16.6. The highest BCUT2D eigenvalue weighted by molar-refractivity contribution is 5.96. The molecule has 0 spiro atoms. The Morgan fingerprint density at radius 2 is 0.875 bits per heavy atom. The van der Waals surface area contributed by atoms with Crippen LogP contribution in [0.4, 0.5) is 0 Å². The van der Waals surface area contributed by atoms with Crippen LogP contribution < -0.4 is 9.47 Å². The van der Waals surface area contributed by atoms with Gasteiger partial charge in [0.1, 0.15) is 25.4 Å². The third-order valence-electron chi connectivity index (χ3n) is 12.9. The lowest BCUT2D eigenvalue weighted by molar-refractivity contribution is -0.00810. The molecule has 2 unspecified atom stereocenters. The fraction of sp³-hybridized carbons (Fsp3) is 0.722. The van der Waals surface area contributed by atoms with Crippen LogP contribution in [-0.4, -0.2) is 38.6 Å². The fourth-order valence-electron chi connectivity index (χ4n) is 12.2. The third-order valence-corrected chi connectivity index (χ3v) is 12.9. The van der Waals surface area contributed by atoms with Gasteiger partial charge < -0.3 is 18.9 Å². The first kappa shape index (κ1) is 23.7. The highest BCUT2D eigenvalue weighted by Crippen LogP contribution is 2.67. The lowest BCUT2D eigenvalue weighted by atomic mass is 9.46. The number of benzene rings is 2. The molecule has 2 aromatic rings. The topological polar surface area (TPSA) is 43.5 Å². The minimum atomic E-state index is 0.224. The molecule has 10 aliphatic rings. The lowest BCUT2D eigenvalue weighted by Crippen LogP contribution is -2.50. The number of hydrogen-bond acceptors (Lipinski definition) is 4. The Balaban J connectivity index is 1.23. The maximum atomic E-state index is 7.06. The van der Waals surface area contributed by atoms with E-state index in [1.807, 2.05) is 0 Å².